The van der Waals surface area contributed by atoms with Gasteiger partial charge in [-0.2, -0.15) is 0 Å². The lowest BCUT2D eigenvalue weighted by Gasteiger charge is -2.04. The number of benzene rings is 3. The van der Waals surface area contributed by atoms with E-state index in [0.717, 1.165) is 0 Å². The van der Waals surface area contributed by atoms with Crippen molar-refractivity contribution in [1.82, 2.24) is 4.57 Å². The molecule has 0 bridgehead atoms. The molecule has 0 saturated carbocycles. The van der Waals surface area contributed by atoms with Crippen LogP contribution in [0.25, 0.3) is 42.0 Å². The molecule has 2 heterocycles. The van der Waals surface area contributed by atoms with Gasteiger partial charge < -0.3 is 4.57 Å². The second kappa shape index (κ2) is 5.60. The quantitative estimate of drug-likeness (QED) is 0.331. The highest BCUT2D eigenvalue weighted by molar-refractivity contribution is 7.25. The third kappa shape index (κ3) is 2.14. The molecule has 0 aliphatic heterocycles. The predicted octanol–water partition coefficient (Wildman–Crippen LogP) is 7.04. The fraction of sp³-hybridized carbons (Fsp3) is 0.217. The van der Waals surface area contributed by atoms with Crippen LogP contribution in [0, 0.1) is 0 Å². The van der Waals surface area contributed by atoms with E-state index in [2.05, 4.69) is 73.1 Å². The second-order valence-electron chi connectivity index (χ2n) is 6.94. The van der Waals surface area contributed by atoms with E-state index in [1.165, 1.54) is 66.8 Å². The Morgan fingerprint density at radius 2 is 1.72 bits per heavy atom. The van der Waals surface area contributed by atoms with E-state index in [4.69, 9.17) is 0 Å². The van der Waals surface area contributed by atoms with E-state index >= 15 is 0 Å². The maximum Gasteiger partial charge on any atom is 0.0495 e. The average Bonchev–Trinajstić information content (AvgIpc) is 3.15. The zero-order valence-corrected chi connectivity index (χ0v) is 15.5. The number of fused-ring (bicyclic) bond motifs is 6. The van der Waals surface area contributed by atoms with Gasteiger partial charge in [-0.1, -0.05) is 43.7 Å². The van der Waals surface area contributed by atoms with Gasteiger partial charge in [0.25, 0.3) is 0 Å². The van der Waals surface area contributed by atoms with Gasteiger partial charge in [-0.25, -0.2) is 0 Å². The van der Waals surface area contributed by atoms with Gasteiger partial charge >= 0.3 is 0 Å². The summed E-state index contributed by atoms with van der Waals surface area (Å²) in [5.74, 6) is 0. The van der Waals surface area contributed by atoms with Crippen molar-refractivity contribution in [3.05, 3.63) is 60.2 Å². The molecule has 2 aromatic heterocycles. The van der Waals surface area contributed by atoms with E-state index in [1.807, 2.05) is 11.3 Å². The monoisotopic (exact) mass is 343 g/mol. The Morgan fingerprint density at radius 1 is 0.840 bits per heavy atom. The summed E-state index contributed by atoms with van der Waals surface area (Å²) >= 11 is 1.93. The first-order chi connectivity index (χ1) is 12.3. The van der Waals surface area contributed by atoms with Crippen LogP contribution in [0.1, 0.15) is 25.3 Å². The fourth-order valence-corrected chi connectivity index (χ4v) is 5.30. The maximum atomic E-state index is 2.42. The molecule has 5 aromatic rings. The lowest BCUT2D eigenvalue weighted by atomic mass is 10.0. The van der Waals surface area contributed by atoms with Crippen molar-refractivity contribution in [1.29, 1.82) is 0 Å². The minimum atomic E-state index is 1.17. The first kappa shape index (κ1) is 15.0. The molecule has 0 saturated heterocycles. The minimum absolute atomic E-state index is 1.17. The van der Waals surface area contributed by atoms with Crippen molar-refractivity contribution in [2.45, 2.75) is 26.2 Å². The normalized spacial score (nSPS) is 12.1. The highest BCUT2D eigenvalue weighted by atomic mass is 32.1. The summed E-state index contributed by atoms with van der Waals surface area (Å²) in [6.07, 6.45) is 3.67. The Morgan fingerprint density at radius 3 is 2.60 bits per heavy atom. The van der Waals surface area contributed by atoms with Crippen molar-refractivity contribution in [2.75, 3.05) is 0 Å². The molecular weight excluding hydrogens is 322 g/mol. The number of hydrogen-bond donors (Lipinski definition) is 0. The van der Waals surface area contributed by atoms with Crippen molar-refractivity contribution >= 4 is 53.3 Å². The standard InChI is InChI=1S/C23H21NS/c1-3-4-8-15-9-7-12-21-23(15)18-13-20-17(14-22(18)25-21)16-10-5-6-11-19(16)24(20)2/h5-7,9-14H,3-4,8H2,1-2H3. The molecule has 2 heteroatoms. The van der Waals surface area contributed by atoms with Crippen LogP contribution in [0.4, 0.5) is 0 Å². The minimum Gasteiger partial charge on any atom is -0.344 e. The summed E-state index contributed by atoms with van der Waals surface area (Å²) in [5, 5.41) is 5.62. The number of rotatable bonds is 3. The van der Waals surface area contributed by atoms with Crippen molar-refractivity contribution in [3.8, 4) is 0 Å². The van der Waals surface area contributed by atoms with Crippen LogP contribution in [0.2, 0.25) is 0 Å². The molecule has 0 spiro atoms. The number of thiophene rings is 1. The van der Waals surface area contributed by atoms with Crippen LogP contribution in [-0.4, -0.2) is 4.57 Å². The van der Waals surface area contributed by atoms with Crippen LogP contribution in [0.5, 0.6) is 0 Å². The van der Waals surface area contributed by atoms with Gasteiger partial charge in [0, 0.05) is 49.0 Å². The largest absolute Gasteiger partial charge is 0.344 e. The molecular formula is C23H21NS. The number of unbranched alkanes of at least 4 members (excludes halogenated alkanes) is 1. The van der Waals surface area contributed by atoms with Gasteiger partial charge in [0.15, 0.2) is 0 Å². The second-order valence-corrected chi connectivity index (χ2v) is 8.02. The average molecular weight is 343 g/mol. The third-order valence-electron chi connectivity index (χ3n) is 5.42. The highest BCUT2D eigenvalue weighted by Crippen LogP contribution is 2.40. The highest BCUT2D eigenvalue weighted by Gasteiger charge is 2.14. The molecule has 0 atom stereocenters. The van der Waals surface area contributed by atoms with E-state index in [9.17, 15) is 0 Å². The van der Waals surface area contributed by atoms with Crippen LogP contribution in [-0.2, 0) is 13.5 Å². The molecule has 3 aromatic carbocycles. The zero-order valence-electron chi connectivity index (χ0n) is 14.7. The van der Waals surface area contributed by atoms with Crippen LogP contribution >= 0.6 is 11.3 Å². The van der Waals surface area contributed by atoms with Gasteiger partial charge in [0.2, 0.25) is 0 Å². The molecule has 0 amide bonds. The van der Waals surface area contributed by atoms with Crippen LogP contribution < -0.4 is 0 Å². The zero-order chi connectivity index (χ0) is 17.0. The number of nitrogens with zero attached hydrogens (tertiary/aromatic N) is 1. The fourth-order valence-electron chi connectivity index (χ4n) is 4.13. The Hall–Kier alpha value is -2.32. The molecule has 124 valence electrons. The molecule has 1 nitrogen and oxygen atoms in total. The van der Waals surface area contributed by atoms with Crippen molar-refractivity contribution in [2.24, 2.45) is 7.05 Å². The first-order valence-electron chi connectivity index (χ1n) is 9.09. The lowest BCUT2D eigenvalue weighted by Crippen LogP contribution is -1.87. The van der Waals surface area contributed by atoms with Crippen molar-refractivity contribution < 1.29 is 0 Å². The Bertz CT molecular complexity index is 1240. The molecule has 0 aliphatic carbocycles. The molecule has 25 heavy (non-hydrogen) atoms. The lowest BCUT2D eigenvalue weighted by molar-refractivity contribution is 0.799. The Kier molecular flexibility index (Phi) is 3.36. The van der Waals surface area contributed by atoms with E-state index < -0.39 is 0 Å². The Labute approximate surface area is 151 Å². The van der Waals surface area contributed by atoms with Gasteiger partial charge in [-0.3, -0.25) is 0 Å². The number of hydrogen-bond acceptors (Lipinski definition) is 1. The third-order valence-corrected chi connectivity index (χ3v) is 6.53. The SMILES string of the molecule is CCCCc1cccc2sc3cc4c5ccccc5n(C)c4cc3c12. The van der Waals surface area contributed by atoms with Crippen molar-refractivity contribution in [3.63, 3.8) is 0 Å². The molecule has 0 unspecified atom stereocenters. The topological polar surface area (TPSA) is 4.93 Å². The van der Waals surface area contributed by atoms with Gasteiger partial charge in [0.05, 0.1) is 0 Å². The van der Waals surface area contributed by atoms with Gasteiger partial charge in [-0.05, 0) is 42.7 Å². The number of aromatic nitrogens is 1. The summed E-state index contributed by atoms with van der Waals surface area (Å²) < 4.78 is 5.16. The Balaban J connectivity index is 1.90. The predicted molar refractivity (Wildman–Crippen MR) is 112 cm³/mol. The molecule has 0 fully saturated rings. The number of para-hydroxylation sites is 1. The van der Waals surface area contributed by atoms with Crippen LogP contribution in [0.15, 0.2) is 54.6 Å². The summed E-state index contributed by atoms with van der Waals surface area (Å²) in [4.78, 5) is 0. The van der Waals surface area contributed by atoms with Gasteiger partial charge in [-0.15, -0.1) is 11.3 Å². The molecule has 5 rings (SSSR count). The summed E-state index contributed by atoms with van der Waals surface area (Å²) in [5.41, 5.74) is 4.15. The van der Waals surface area contributed by atoms with E-state index in [1.54, 1.807) is 0 Å². The molecule has 0 aliphatic rings. The maximum absolute atomic E-state index is 2.42. The van der Waals surface area contributed by atoms with E-state index in [0.29, 0.717) is 0 Å². The number of aryl methyl sites for hydroxylation is 2. The summed E-state index contributed by atoms with van der Waals surface area (Å²) in [7, 11) is 2.18. The van der Waals surface area contributed by atoms with Crippen LogP contribution in [0.3, 0.4) is 0 Å². The molecule has 0 radical (unpaired) electrons. The smallest absolute Gasteiger partial charge is 0.0495 e. The first-order valence-corrected chi connectivity index (χ1v) is 9.91. The molecule has 0 N–H and O–H groups in total. The summed E-state index contributed by atoms with van der Waals surface area (Å²) in [6.45, 7) is 2.27. The van der Waals surface area contributed by atoms with E-state index in [-0.39, 0.29) is 0 Å². The summed E-state index contributed by atoms with van der Waals surface area (Å²) in [6, 6.07) is 20.4. The van der Waals surface area contributed by atoms with Gasteiger partial charge in [0.1, 0.15) is 0 Å².